The maximum atomic E-state index is 10.1. The van der Waals surface area contributed by atoms with Crippen LogP contribution < -0.4 is 15.2 Å². The van der Waals surface area contributed by atoms with Gasteiger partial charge in [0.2, 0.25) is 5.95 Å². The number of rotatable bonds is 18. The van der Waals surface area contributed by atoms with Crippen molar-refractivity contribution < 1.29 is 23.7 Å². The Morgan fingerprint density at radius 3 is 1.52 bits per heavy atom. The molecule has 0 bridgehead atoms. The highest BCUT2D eigenvalue weighted by Gasteiger charge is 2.40. The molecular formula is C43H42N6O5. The molecule has 5 aromatic carbocycles. The van der Waals surface area contributed by atoms with Crippen LogP contribution in [-0.4, -0.2) is 42.9 Å². The molecule has 11 nitrogen and oxygen atoms in total. The Balaban J connectivity index is 1.43. The second kappa shape index (κ2) is 18.5. The molecule has 0 amide bonds. The van der Waals surface area contributed by atoms with Crippen LogP contribution in [0.25, 0.3) is 10.4 Å². The third kappa shape index (κ3) is 9.03. The molecule has 0 radical (unpaired) electrons. The molecule has 0 aliphatic heterocycles. The van der Waals surface area contributed by atoms with Crippen LogP contribution in [0.4, 0.5) is 5.95 Å². The summed E-state index contributed by atoms with van der Waals surface area (Å²) in [5.74, 6) is 1.55. The van der Waals surface area contributed by atoms with Gasteiger partial charge in [-0.3, -0.25) is 0 Å². The minimum Gasteiger partial charge on any atom is -0.497 e. The highest BCUT2D eigenvalue weighted by Crippen LogP contribution is 2.41. The van der Waals surface area contributed by atoms with Gasteiger partial charge in [0.25, 0.3) is 0 Å². The van der Waals surface area contributed by atoms with E-state index in [0.29, 0.717) is 5.56 Å². The Hall–Kier alpha value is -6.23. The summed E-state index contributed by atoms with van der Waals surface area (Å²) in [6.07, 6.45) is 1.47. The molecule has 1 aromatic heterocycles. The van der Waals surface area contributed by atoms with E-state index in [1.165, 1.54) is 0 Å². The van der Waals surface area contributed by atoms with Crippen molar-refractivity contribution in [1.29, 1.82) is 0 Å². The van der Waals surface area contributed by atoms with Crippen LogP contribution in [0, 0.1) is 0 Å². The average molecular weight is 723 g/mol. The van der Waals surface area contributed by atoms with E-state index in [4.69, 9.17) is 29.4 Å². The van der Waals surface area contributed by atoms with Gasteiger partial charge in [0.1, 0.15) is 23.2 Å². The number of hydrogen-bond donors (Lipinski definition) is 1. The summed E-state index contributed by atoms with van der Waals surface area (Å²) < 4.78 is 31.3. The number of nitrogens with zero attached hydrogens (tertiary/aromatic N) is 5. The highest BCUT2D eigenvalue weighted by molar-refractivity contribution is 5.47. The van der Waals surface area contributed by atoms with E-state index in [1.807, 2.05) is 140 Å². The molecule has 11 heteroatoms. The number of methoxy groups -OCH3 is 2. The van der Waals surface area contributed by atoms with Crippen molar-refractivity contribution >= 4 is 5.95 Å². The summed E-state index contributed by atoms with van der Waals surface area (Å²) >= 11 is 0. The fourth-order valence-electron chi connectivity index (χ4n) is 6.34. The fourth-order valence-corrected chi connectivity index (χ4v) is 6.34. The lowest BCUT2D eigenvalue weighted by Gasteiger charge is -2.38. The first kappa shape index (κ1) is 37.5. The monoisotopic (exact) mass is 722 g/mol. The molecule has 2 N–H and O–H groups in total. The smallest absolute Gasteiger partial charge is 0.219 e. The Kier molecular flexibility index (Phi) is 12.9. The van der Waals surface area contributed by atoms with Crippen molar-refractivity contribution in [3.63, 3.8) is 0 Å². The van der Waals surface area contributed by atoms with E-state index in [-0.39, 0.29) is 25.8 Å². The van der Waals surface area contributed by atoms with Gasteiger partial charge in [0.15, 0.2) is 0 Å². The quantitative estimate of drug-likeness (QED) is 0.0402. The third-order valence-electron chi connectivity index (χ3n) is 9.10. The number of nitrogen functional groups attached to an aromatic ring is 1. The van der Waals surface area contributed by atoms with Gasteiger partial charge < -0.3 is 29.4 Å². The summed E-state index contributed by atoms with van der Waals surface area (Å²) in [5.41, 5.74) is 20.0. The van der Waals surface area contributed by atoms with Gasteiger partial charge in [0, 0.05) is 22.9 Å². The van der Waals surface area contributed by atoms with Crippen LogP contribution in [0.3, 0.4) is 0 Å². The minimum atomic E-state index is -1.09. The van der Waals surface area contributed by atoms with Gasteiger partial charge in [-0.2, -0.15) is 0 Å². The molecular weight excluding hydrogens is 681 g/mol. The highest BCUT2D eigenvalue weighted by atomic mass is 16.5. The lowest BCUT2D eigenvalue weighted by atomic mass is 9.80. The molecule has 274 valence electrons. The van der Waals surface area contributed by atoms with Gasteiger partial charge in [-0.25, -0.2) is 9.97 Å². The molecule has 54 heavy (non-hydrogen) atoms. The first-order valence-electron chi connectivity index (χ1n) is 17.4. The first-order valence-corrected chi connectivity index (χ1v) is 17.4. The summed E-state index contributed by atoms with van der Waals surface area (Å²) in [7, 11) is 3.24. The van der Waals surface area contributed by atoms with E-state index < -0.39 is 23.9 Å². The molecule has 6 rings (SSSR count). The van der Waals surface area contributed by atoms with Crippen LogP contribution in [0.5, 0.6) is 11.5 Å². The van der Waals surface area contributed by atoms with Gasteiger partial charge in [-0.05, 0) is 57.6 Å². The summed E-state index contributed by atoms with van der Waals surface area (Å²) in [6.45, 7) is 0.285. The maximum Gasteiger partial charge on any atom is 0.219 e. The number of anilines is 1. The Morgan fingerprint density at radius 2 is 1.09 bits per heavy atom. The molecule has 0 spiro atoms. The molecule has 0 unspecified atom stereocenters. The number of hydrogen-bond acceptors (Lipinski definition) is 9. The minimum absolute atomic E-state index is 0.0613. The van der Waals surface area contributed by atoms with Gasteiger partial charge >= 0.3 is 0 Å². The summed E-state index contributed by atoms with van der Waals surface area (Å²) in [6, 6.07) is 44.2. The molecule has 0 aliphatic rings. The zero-order chi connectivity index (χ0) is 37.6. The van der Waals surface area contributed by atoms with Gasteiger partial charge in [0.05, 0.1) is 46.2 Å². The van der Waals surface area contributed by atoms with E-state index in [9.17, 15) is 5.53 Å². The average Bonchev–Trinajstić information content (AvgIpc) is 3.24. The second-order valence-electron chi connectivity index (χ2n) is 12.4. The lowest BCUT2D eigenvalue weighted by Crippen LogP contribution is -2.42. The molecule has 3 atom stereocenters. The summed E-state index contributed by atoms with van der Waals surface area (Å²) in [5, 5.41) is 4.34. The maximum absolute atomic E-state index is 10.1. The van der Waals surface area contributed by atoms with Crippen LogP contribution in [0.1, 0.15) is 39.5 Å². The molecule has 0 saturated heterocycles. The van der Waals surface area contributed by atoms with Crippen LogP contribution in [0.15, 0.2) is 157 Å². The first-order chi connectivity index (χ1) is 26.5. The largest absolute Gasteiger partial charge is 0.497 e. The zero-order valence-corrected chi connectivity index (χ0v) is 30.1. The molecule has 0 aliphatic carbocycles. The molecule has 1 heterocycles. The third-order valence-corrected chi connectivity index (χ3v) is 9.10. The van der Waals surface area contributed by atoms with Gasteiger partial charge in [-0.1, -0.05) is 120 Å². The van der Waals surface area contributed by atoms with Crippen LogP contribution >= 0.6 is 0 Å². The van der Waals surface area contributed by atoms with Crippen LogP contribution in [0.2, 0.25) is 0 Å². The van der Waals surface area contributed by atoms with Crippen molar-refractivity contribution in [1.82, 2.24) is 9.97 Å². The predicted molar refractivity (Wildman–Crippen MR) is 207 cm³/mol. The SMILES string of the molecule is COc1ccc(CO[C@@H]([C@H](COC(c2ccccc2)(c2ccccc2)c2ccccc2)N=[N+]=[N-])[C@H](OCc2ccc(OC)cc2)c2cnc(N)nc2)cc1. The number of azide groups is 1. The Labute approximate surface area is 314 Å². The number of aromatic nitrogens is 2. The molecule has 0 saturated carbocycles. The Bertz CT molecular complexity index is 1970. The topological polar surface area (TPSA) is 147 Å². The van der Waals surface area contributed by atoms with Crippen molar-refractivity contribution in [2.75, 3.05) is 26.6 Å². The molecule has 0 fully saturated rings. The number of nitrogens with two attached hydrogens (primary N) is 1. The fraction of sp³-hybridized carbons (Fsp3) is 0.209. The lowest BCUT2D eigenvalue weighted by molar-refractivity contribution is -0.114. The predicted octanol–water partition coefficient (Wildman–Crippen LogP) is 8.61. The normalized spacial score (nSPS) is 12.9. The van der Waals surface area contributed by atoms with E-state index in [0.717, 1.165) is 39.3 Å². The molecule has 6 aromatic rings. The second-order valence-corrected chi connectivity index (χ2v) is 12.4. The standard InChI is InChI=1S/C43H42N6O5/c1-50-37-22-18-31(19-23-37)28-52-40(33-26-46-42(44)47-27-33)41(53-29-32-20-24-38(51-2)25-21-32)39(48-49-45)30-54-43(34-12-6-3-7-13-34,35-14-8-4-9-15-35)36-16-10-5-11-17-36/h3-27,39-41H,28-30H2,1-2H3,(H2,44,46,47)/t39-,40+,41-/m0/s1. The van der Waals surface area contributed by atoms with E-state index in [1.54, 1.807) is 26.6 Å². The number of benzene rings is 5. The number of ether oxygens (including phenoxy) is 5. The van der Waals surface area contributed by atoms with Crippen LogP contribution in [-0.2, 0) is 33.0 Å². The van der Waals surface area contributed by atoms with E-state index in [2.05, 4.69) is 20.0 Å². The van der Waals surface area contributed by atoms with Crippen molar-refractivity contribution in [2.45, 2.75) is 37.1 Å². The summed E-state index contributed by atoms with van der Waals surface area (Å²) in [4.78, 5) is 11.9. The zero-order valence-electron chi connectivity index (χ0n) is 30.1. The van der Waals surface area contributed by atoms with E-state index >= 15 is 0 Å². The van der Waals surface area contributed by atoms with Crippen molar-refractivity contribution in [3.8, 4) is 11.5 Å². The Morgan fingerprint density at radius 1 is 0.648 bits per heavy atom. The van der Waals surface area contributed by atoms with Gasteiger partial charge in [-0.15, -0.1) is 0 Å². The van der Waals surface area contributed by atoms with Crippen molar-refractivity contribution in [2.24, 2.45) is 5.11 Å². The van der Waals surface area contributed by atoms with Crippen molar-refractivity contribution in [3.05, 3.63) is 196 Å².